The summed E-state index contributed by atoms with van der Waals surface area (Å²) in [5.41, 5.74) is 1.04. The maximum Gasteiger partial charge on any atom is 0.191 e. The minimum absolute atomic E-state index is 0.585. The highest BCUT2D eigenvalue weighted by atomic mass is 32.2. The highest BCUT2D eigenvalue weighted by molar-refractivity contribution is 7.99. The smallest absolute Gasteiger partial charge is 0.191 e. The van der Waals surface area contributed by atoms with Crippen LogP contribution in [0.25, 0.3) is 11.4 Å². The average Bonchev–Trinajstić information content (AvgIpc) is 2.99. The van der Waals surface area contributed by atoms with E-state index in [1.165, 1.54) is 0 Å². The van der Waals surface area contributed by atoms with Crippen molar-refractivity contribution in [3.8, 4) is 23.2 Å². The second kappa shape index (κ2) is 9.21. The van der Waals surface area contributed by atoms with Crippen molar-refractivity contribution in [1.82, 2.24) is 14.8 Å². The summed E-state index contributed by atoms with van der Waals surface area (Å²) in [4.78, 5) is 0. The fourth-order valence-electron chi connectivity index (χ4n) is 2.18. The molecule has 2 rings (SSSR count). The molecule has 0 N–H and O–H groups in total. The van der Waals surface area contributed by atoms with Crippen LogP contribution in [0.3, 0.4) is 0 Å². The van der Waals surface area contributed by atoms with E-state index in [9.17, 15) is 0 Å². The summed E-state index contributed by atoms with van der Waals surface area (Å²) < 4.78 is 7.39. The minimum Gasteiger partial charge on any atom is -0.497 e. The Hall–Kier alpha value is -2.00. The first kappa shape index (κ1) is 17.4. The molecule has 0 radical (unpaired) electrons. The molecule has 0 aliphatic carbocycles. The Labute approximate surface area is 141 Å². The van der Waals surface area contributed by atoms with E-state index in [-0.39, 0.29) is 0 Å². The highest BCUT2D eigenvalue weighted by Crippen LogP contribution is 2.26. The van der Waals surface area contributed by atoms with Gasteiger partial charge in [0, 0.05) is 24.3 Å². The maximum absolute atomic E-state index is 8.63. The van der Waals surface area contributed by atoms with Crippen LogP contribution in [-0.2, 0) is 6.54 Å². The van der Waals surface area contributed by atoms with Crippen molar-refractivity contribution in [3.05, 3.63) is 24.3 Å². The molecule has 5 nitrogen and oxygen atoms in total. The third-order valence-electron chi connectivity index (χ3n) is 3.46. The first-order valence-corrected chi connectivity index (χ1v) is 8.86. The number of nitriles is 1. The number of unbranched alkanes of at least 4 members (excludes halogenated alkanes) is 2. The molecule has 2 aromatic rings. The molecule has 1 aromatic heterocycles. The van der Waals surface area contributed by atoms with Crippen molar-refractivity contribution in [2.24, 2.45) is 0 Å². The standard InChI is InChI=1S/C17H22N4OS/c1-3-4-12-21-16(14-7-9-15(22-2)10-8-14)19-20-17(21)23-13-6-5-11-18/h7-10H,3-6,12-13H2,1-2H3. The molecule has 6 heteroatoms. The normalized spacial score (nSPS) is 10.5. The Balaban J connectivity index is 2.20. The van der Waals surface area contributed by atoms with Gasteiger partial charge >= 0.3 is 0 Å². The molecule has 0 saturated heterocycles. The molecule has 1 aromatic carbocycles. The Morgan fingerprint density at radius 1 is 1.22 bits per heavy atom. The fraction of sp³-hybridized carbons (Fsp3) is 0.471. The third-order valence-corrected chi connectivity index (χ3v) is 4.52. The number of thioether (sulfide) groups is 1. The molecule has 0 aliphatic heterocycles. The van der Waals surface area contributed by atoms with Gasteiger partial charge in [-0.25, -0.2) is 0 Å². The molecule has 23 heavy (non-hydrogen) atoms. The first-order valence-electron chi connectivity index (χ1n) is 7.87. The SMILES string of the molecule is CCCCn1c(SCCCC#N)nnc1-c1ccc(OC)cc1. The van der Waals surface area contributed by atoms with Gasteiger partial charge in [-0.2, -0.15) is 5.26 Å². The number of benzene rings is 1. The van der Waals surface area contributed by atoms with Crippen molar-refractivity contribution in [3.63, 3.8) is 0 Å². The summed E-state index contributed by atoms with van der Waals surface area (Å²) in [6.07, 6.45) is 3.67. The van der Waals surface area contributed by atoms with Gasteiger partial charge in [-0.05, 0) is 37.1 Å². The molecule has 0 amide bonds. The number of hydrogen-bond acceptors (Lipinski definition) is 5. The molecular formula is C17H22N4OS. The van der Waals surface area contributed by atoms with E-state index in [4.69, 9.17) is 10.00 Å². The van der Waals surface area contributed by atoms with Gasteiger partial charge in [0.15, 0.2) is 11.0 Å². The van der Waals surface area contributed by atoms with Crippen LogP contribution >= 0.6 is 11.8 Å². The Kier molecular flexibility index (Phi) is 6.95. The molecule has 122 valence electrons. The van der Waals surface area contributed by atoms with Crippen LogP contribution in [0.15, 0.2) is 29.4 Å². The third kappa shape index (κ3) is 4.73. The predicted octanol–water partition coefficient (Wildman–Crippen LogP) is 4.15. The van der Waals surface area contributed by atoms with E-state index in [2.05, 4.69) is 27.8 Å². The van der Waals surface area contributed by atoms with Crippen LogP contribution in [-0.4, -0.2) is 27.6 Å². The van der Waals surface area contributed by atoms with Crippen molar-refractivity contribution >= 4 is 11.8 Å². The monoisotopic (exact) mass is 330 g/mol. The van der Waals surface area contributed by atoms with E-state index < -0.39 is 0 Å². The zero-order chi connectivity index (χ0) is 16.5. The fourth-order valence-corrected chi connectivity index (χ4v) is 3.08. The van der Waals surface area contributed by atoms with Gasteiger partial charge in [0.1, 0.15) is 5.75 Å². The van der Waals surface area contributed by atoms with Gasteiger partial charge in [0.05, 0.1) is 13.2 Å². The van der Waals surface area contributed by atoms with Crippen LogP contribution < -0.4 is 4.74 Å². The Morgan fingerprint density at radius 2 is 2.00 bits per heavy atom. The van der Waals surface area contributed by atoms with Gasteiger partial charge in [-0.3, -0.25) is 0 Å². The Bertz CT molecular complexity index is 646. The number of hydrogen-bond donors (Lipinski definition) is 0. The summed E-state index contributed by atoms with van der Waals surface area (Å²) in [6, 6.07) is 10.1. The zero-order valence-electron chi connectivity index (χ0n) is 13.7. The van der Waals surface area contributed by atoms with Crippen LogP contribution in [0.5, 0.6) is 5.75 Å². The molecule has 0 unspecified atom stereocenters. The summed E-state index contributed by atoms with van der Waals surface area (Å²) in [7, 11) is 1.66. The van der Waals surface area contributed by atoms with Crippen molar-refractivity contribution < 1.29 is 4.74 Å². The molecule has 0 atom stereocenters. The number of methoxy groups -OCH3 is 1. The van der Waals surface area contributed by atoms with Crippen molar-refractivity contribution in [1.29, 1.82) is 5.26 Å². The summed E-state index contributed by atoms with van der Waals surface area (Å²) in [5.74, 6) is 2.61. The average molecular weight is 330 g/mol. The van der Waals surface area contributed by atoms with E-state index in [1.54, 1.807) is 18.9 Å². The predicted molar refractivity (Wildman–Crippen MR) is 92.5 cm³/mol. The summed E-state index contributed by atoms with van der Waals surface area (Å²) >= 11 is 1.67. The maximum atomic E-state index is 8.63. The van der Waals surface area contributed by atoms with Gasteiger partial charge < -0.3 is 9.30 Å². The molecule has 0 saturated carbocycles. The molecule has 1 heterocycles. The zero-order valence-corrected chi connectivity index (χ0v) is 14.5. The second-order valence-corrected chi connectivity index (χ2v) is 6.21. The van der Waals surface area contributed by atoms with Crippen LogP contribution in [0, 0.1) is 11.3 Å². The summed E-state index contributed by atoms with van der Waals surface area (Å²) in [6.45, 7) is 3.09. The molecule has 0 bridgehead atoms. The quantitative estimate of drug-likeness (QED) is 0.510. The van der Waals surface area contributed by atoms with E-state index >= 15 is 0 Å². The van der Waals surface area contributed by atoms with Crippen molar-refractivity contribution in [2.45, 2.75) is 44.3 Å². The van der Waals surface area contributed by atoms with Gasteiger partial charge in [0.2, 0.25) is 0 Å². The highest BCUT2D eigenvalue weighted by Gasteiger charge is 2.14. The van der Waals surface area contributed by atoms with Crippen molar-refractivity contribution in [2.75, 3.05) is 12.9 Å². The van der Waals surface area contributed by atoms with E-state index in [1.807, 2.05) is 24.3 Å². The lowest BCUT2D eigenvalue weighted by Crippen LogP contribution is -2.03. The molecule has 0 fully saturated rings. The number of nitrogens with zero attached hydrogens (tertiary/aromatic N) is 4. The van der Waals surface area contributed by atoms with Crippen LogP contribution in [0.2, 0.25) is 0 Å². The molecular weight excluding hydrogens is 308 g/mol. The molecule has 0 spiro atoms. The number of ether oxygens (including phenoxy) is 1. The van der Waals surface area contributed by atoms with Crippen LogP contribution in [0.1, 0.15) is 32.6 Å². The largest absolute Gasteiger partial charge is 0.497 e. The topological polar surface area (TPSA) is 63.7 Å². The Morgan fingerprint density at radius 3 is 2.65 bits per heavy atom. The second-order valence-electron chi connectivity index (χ2n) is 5.15. The number of rotatable bonds is 9. The first-order chi connectivity index (χ1) is 11.3. The lowest BCUT2D eigenvalue weighted by molar-refractivity contribution is 0.415. The minimum atomic E-state index is 0.585. The summed E-state index contributed by atoms with van der Waals surface area (Å²) in [5, 5.41) is 18.3. The lowest BCUT2D eigenvalue weighted by atomic mass is 10.2. The lowest BCUT2D eigenvalue weighted by Gasteiger charge is -2.10. The van der Waals surface area contributed by atoms with Gasteiger partial charge in [-0.1, -0.05) is 25.1 Å². The van der Waals surface area contributed by atoms with Gasteiger partial charge in [-0.15, -0.1) is 10.2 Å². The van der Waals surface area contributed by atoms with E-state index in [0.717, 1.165) is 53.9 Å². The molecule has 0 aliphatic rings. The van der Waals surface area contributed by atoms with E-state index in [0.29, 0.717) is 6.42 Å². The van der Waals surface area contributed by atoms with Gasteiger partial charge in [0.25, 0.3) is 0 Å². The van der Waals surface area contributed by atoms with Crippen LogP contribution in [0.4, 0.5) is 0 Å². The number of aromatic nitrogens is 3.